The zero-order chi connectivity index (χ0) is 18.2. The minimum absolute atomic E-state index is 0.365. The molecule has 0 radical (unpaired) electrons. The van der Waals surface area contributed by atoms with Crippen molar-refractivity contribution in [1.82, 2.24) is 14.7 Å². The fourth-order valence-corrected chi connectivity index (χ4v) is 3.63. The van der Waals surface area contributed by atoms with Gasteiger partial charge in [-0.25, -0.2) is 26.9 Å². The Morgan fingerprint density at radius 2 is 1.84 bits per heavy atom. The number of nitrogens with one attached hydrogen (secondary N) is 2. The zero-order valence-electron chi connectivity index (χ0n) is 13.4. The van der Waals surface area contributed by atoms with Crippen molar-refractivity contribution < 1.29 is 21.9 Å². The molecule has 0 amide bonds. The van der Waals surface area contributed by atoms with Crippen LogP contribution in [0.4, 0.5) is 8.78 Å². The molecule has 1 heterocycles. The van der Waals surface area contributed by atoms with E-state index in [0.29, 0.717) is 28.7 Å². The topological polar surface area (TPSA) is 84.1 Å². The average Bonchev–Trinajstić information content (AvgIpc) is 2.96. The molecule has 25 heavy (non-hydrogen) atoms. The largest absolute Gasteiger partial charge is 0.497 e. The number of halogens is 2. The maximum absolute atomic E-state index is 13.3. The summed E-state index contributed by atoms with van der Waals surface area (Å²) in [6.07, 6.45) is 0. The normalized spacial score (nSPS) is 13.1. The van der Waals surface area contributed by atoms with Crippen LogP contribution in [0.15, 0.2) is 41.3 Å². The quantitative estimate of drug-likeness (QED) is 0.726. The fourth-order valence-electron chi connectivity index (χ4n) is 2.38. The van der Waals surface area contributed by atoms with E-state index in [9.17, 15) is 17.2 Å². The number of rotatable bonds is 5. The highest BCUT2D eigenvalue weighted by molar-refractivity contribution is 7.89. The van der Waals surface area contributed by atoms with Crippen molar-refractivity contribution in [3.63, 3.8) is 0 Å². The van der Waals surface area contributed by atoms with E-state index in [-0.39, 0.29) is 0 Å². The molecule has 0 aliphatic rings. The number of nitrogens with zero attached hydrogens (tertiary/aromatic N) is 1. The maximum Gasteiger partial charge on any atom is 0.241 e. The number of benzene rings is 2. The predicted octanol–water partition coefficient (Wildman–Crippen LogP) is 2.89. The highest BCUT2D eigenvalue weighted by atomic mass is 32.2. The minimum atomic E-state index is -4.12. The van der Waals surface area contributed by atoms with Crippen LogP contribution in [0.5, 0.6) is 5.75 Å². The number of fused-ring (bicyclic) bond motifs is 1. The third kappa shape index (κ3) is 3.62. The number of aromatic nitrogens is 2. The van der Waals surface area contributed by atoms with E-state index < -0.39 is 32.6 Å². The van der Waals surface area contributed by atoms with Crippen LogP contribution in [0.1, 0.15) is 18.8 Å². The lowest BCUT2D eigenvalue weighted by Crippen LogP contribution is -2.27. The molecule has 0 bridgehead atoms. The summed E-state index contributed by atoms with van der Waals surface area (Å²) in [5.41, 5.74) is 1.32. The molecule has 0 spiro atoms. The molecule has 2 aromatic carbocycles. The van der Waals surface area contributed by atoms with Crippen LogP contribution in [-0.4, -0.2) is 25.5 Å². The lowest BCUT2D eigenvalue weighted by Gasteiger charge is -2.12. The van der Waals surface area contributed by atoms with Crippen molar-refractivity contribution in [2.45, 2.75) is 17.9 Å². The van der Waals surface area contributed by atoms with Crippen LogP contribution < -0.4 is 9.46 Å². The summed E-state index contributed by atoms with van der Waals surface area (Å²) < 4.78 is 58.7. The number of aromatic amines is 1. The second kappa shape index (κ2) is 6.41. The van der Waals surface area contributed by atoms with Crippen molar-refractivity contribution in [2.24, 2.45) is 0 Å². The van der Waals surface area contributed by atoms with E-state index in [1.165, 1.54) is 7.11 Å². The summed E-state index contributed by atoms with van der Waals surface area (Å²) in [6.45, 7) is 1.57. The number of sulfonamides is 1. The highest BCUT2D eigenvalue weighted by Gasteiger charge is 2.22. The minimum Gasteiger partial charge on any atom is -0.497 e. The SMILES string of the molecule is COc1ccc2nc(C(C)NS(=O)(=O)c3cc(F)cc(F)c3)[nH]c2c1. The van der Waals surface area contributed by atoms with Gasteiger partial charge in [0.15, 0.2) is 0 Å². The lowest BCUT2D eigenvalue weighted by molar-refractivity contribution is 0.415. The van der Waals surface area contributed by atoms with Gasteiger partial charge in [0.25, 0.3) is 0 Å². The number of ether oxygens (including phenoxy) is 1. The zero-order valence-corrected chi connectivity index (χ0v) is 14.2. The Balaban J connectivity index is 1.89. The Hall–Kier alpha value is -2.52. The first-order valence-electron chi connectivity index (χ1n) is 7.30. The first-order chi connectivity index (χ1) is 11.8. The van der Waals surface area contributed by atoms with Gasteiger partial charge in [-0.1, -0.05) is 0 Å². The van der Waals surface area contributed by atoms with E-state index in [2.05, 4.69) is 14.7 Å². The van der Waals surface area contributed by atoms with E-state index in [0.717, 1.165) is 12.1 Å². The van der Waals surface area contributed by atoms with Gasteiger partial charge in [0, 0.05) is 12.1 Å². The molecule has 132 valence electrons. The monoisotopic (exact) mass is 367 g/mol. The molecule has 1 aromatic heterocycles. The molecule has 3 rings (SSSR count). The Morgan fingerprint density at radius 1 is 1.16 bits per heavy atom. The summed E-state index contributed by atoms with van der Waals surface area (Å²) in [5.74, 6) is -0.942. The van der Waals surface area contributed by atoms with Gasteiger partial charge >= 0.3 is 0 Å². The summed E-state index contributed by atoms with van der Waals surface area (Å²) in [5, 5.41) is 0. The average molecular weight is 367 g/mol. The van der Waals surface area contributed by atoms with E-state index in [4.69, 9.17) is 4.74 Å². The van der Waals surface area contributed by atoms with Crippen LogP contribution in [0.3, 0.4) is 0 Å². The Kier molecular flexibility index (Phi) is 4.44. The number of methoxy groups -OCH3 is 1. The fraction of sp³-hybridized carbons (Fsp3) is 0.188. The molecule has 1 unspecified atom stereocenters. The number of imidazole rings is 1. The molecule has 2 N–H and O–H groups in total. The summed E-state index contributed by atoms with van der Waals surface area (Å²) in [6, 6.07) is 6.57. The third-order valence-corrected chi connectivity index (χ3v) is 5.12. The van der Waals surface area contributed by atoms with Gasteiger partial charge in [-0.3, -0.25) is 0 Å². The van der Waals surface area contributed by atoms with Gasteiger partial charge in [0.1, 0.15) is 23.2 Å². The predicted molar refractivity (Wildman–Crippen MR) is 87.7 cm³/mol. The van der Waals surface area contributed by atoms with Crippen LogP contribution in [0, 0.1) is 11.6 Å². The van der Waals surface area contributed by atoms with Crippen LogP contribution >= 0.6 is 0 Å². The van der Waals surface area contributed by atoms with Crippen molar-refractivity contribution >= 4 is 21.1 Å². The van der Waals surface area contributed by atoms with Gasteiger partial charge < -0.3 is 9.72 Å². The number of hydrogen-bond acceptors (Lipinski definition) is 4. The number of hydrogen-bond donors (Lipinski definition) is 2. The van der Waals surface area contributed by atoms with Gasteiger partial charge in [-0.15, -0.1) is 0 Å². The Bertz CT molecular complexity index is 1010. The lowest BCUT2D eigenvalue weighted by atomic mass is 10.3. The van der Waals surface area contributed by atoms with Crippen LogP contribution in [0.25, 0.3) is 11.0 Å². The van der Waals surface area contributed by atoms with Crippen molar-refractivity contribution in [3.05, 3.63) is 53.9 Å². The molecule has 0 aliphatic carbocycles. The van der Waals surface area contributed by atoms with Crippen molar-refractivity contribution in [1.29, 1.82) is 0 Å². The molecule has 0 saturated heterocycles. The van der Waals surface area contributed by atoms with Crippen molar-refractivity contribution in [2.75, 3.05) is 7.11 Å². The van der Waals surface area contributed by atoms with E-state index >= 15 is 0 Å². The van der Waals surface area contributed by atoms with Crippen LogP contribution in [0.2, 0.25) is 0 Å². The molecule has 0 fully saturated rings. The van der Waals surface area contributed by atoms with Gasteiger partial charge in [-0.2, -0.15) is 0 Å². The van der Waals surface area contributed by atoms with Gasteiger partial charge in [0.05, 0.1) is 29.1 Å². The van der Waals surface area contributed by atoms with Gasteiger partial charge in [-0.05, 0) is 31.2 Å². The second-order valence-electron chi connectivity index (χ2n) is 5.45. The summed E-state index contributed by atoms with van der Waals surface area (Å²) in [7, 11) is -2.58. The molecule has 6 nitrogen and oxygen atoms in total. The third-order valence-electron chi connectivity index (χ3n) is 3.60. The van der Waals surface area contributed by atoms with E-state index in [1.54, 1.807) is 25.1 Å². The Labute approximate surface area is 142 Å². The van der Waals surface area contributed by atoms with Gasteiger partial charge in [0.2, 0.25) is 10.0 Å². The summed E-state index contributed by atoms with van der Waals surface area (Å²) >= 11 is 0. The Morgan fingerprint density at radius 3 is 2.48 bits per heavy atom. The first-order valence-corrected chi connectivity index (χ1v) is 8.79. The molecule has 0 aliphatic heterocycles. The molecule has 0 saturated carbocycles. The highest BCUT2D eigenvalue weighted by Crippen LogP contribution is 2.22. The van der Waals surface area contributed by atoms with Crippen LogP contribution in [-0.2, 0) is 10.0 Å². The molecular formula is C16H15F2N3O3S. The first kappa shape index (κ1) is 17.3. The van der Waals surface area contributed by atoms with Crippen molar-refractivity contribution in [3.8, 4) is 5.75 Å². The molecule has 1 atom stereocenters. The molecular weight excluding hydrogens is 352 g/mol. The summed E-state index contributed by atoms with van der Waals surface area (Å²) in [4.78, 5) is 6.82. The molecule has 3 aromatic rings. The second-order valence-corrected chi connectivity index (χ2v) is 7.17. The smallest absolute Gasteiger partial charge is 0.241 e. The van der Waals surface area contributed by atoms with E-state index in [1.807, 2.05) is 0 Å². The standard InChI is InChI=1S/C16H15F2N3O3S/c1-9(16-19-14-4-3-12(24-2)8-15(14)20-16)21-25(22,23)13-6-10(17)5-11(18)7-13/h3-9,21H,1-2H3,(H,19,20). The molecule has 9 heteroatoms. The maximum atomic E-state index is 13.3. The number of H-pyrrole nitrogens is 1.